The Bertz CT molecular complexity index is 468. The van der Waals surface area contributed by atoms with Crippen molar-refractivity contribution < 1.29 is 0 Å². The minimum Gasteiger partial charge on any atom is -0.398 e. The molecule has 0 fully saturated rings. The molecule has 0 spiro atoms. The Morgan fingerprint density at radius 2 is 1.88 bits per heavy atom. The second-order valence-electron chi connectivity index (χ2n) is 4.08. The summed E-state index contributed by atoms with van der Waals surface area (Å²) in [6.45, 7) is 2.91. The number of anilines is 1. The lowest BCUT2D eigenvalue weighted by Crippen LogP contribution is -2.18. The van der Waals surface area contributed by atoms with Gasteiger partial charge in [0.15, 0.2) is 0 Å². The highest BCUT2D eigenvalue weighted by Gasteiger charge is 2.05. The van der Waals surface area contributed by atoms with Gasteiger partial charge in [0.1, 0.15) is 0 Å². The first-order chi connectivity index (χ1) is 8.27. The van der Waals surface area contributed by atoms with Crippen molar-refractivity contribution >= 4 is 5.69 Å². The van der Waals surface area contributed by atoms with Crippen LogP contribution in [0, 0.1) is 0 Å². The van der Waals surface area contributed by atoms with Crippen LogP contribution in [0.2, 0.25) is 0 Å². The molecule has 0 bridgehead atoms. The van der Waals surface area contributed by atoms with E-state index in [0.29, 0.717) is 0 Å². The van der Waals surface area contributed by atoms with E-state index in [1.165, 1.54) is 5.56 Å². The van der Waals surface area contributed by atoms with Gasteiger partial charge >= 0.3 is 0 Å². The fourth-order valence-electron chi connectivity index (χ4n) is 1.73. The minimum atomic E-state index is 0.289. The van der Waals surface area contributed by atoms with Crippen LogP contribution in [0.25, 0.3) is 0 Å². The number of nitrogens with two attached hydrogens (primary N) is 1. The summed E-state index contributed by atoms with van der Waals surface area (Å²) in [5.74, 6) is 0. The van der Waals surface area contributed by atoms with Crippen LogP contribution in [-0.4, -0.2) is 4.98 Å². The number of nitrogens with one attached hydrogen (secondary N) is 1. The zero-order valence-electron chi connectivity index (χ0n) is 9.93. The van der Waals surface area contributed by atoms with Crippen molar-refractivity contribution in [2.75, 3.05) is 5.73 Å². The van der Waals surface area contributed by atoms with E-state index in [9.17, 15) is 0 Å². The molecule has 1 aromatic carbocycles. The average molecular weight is 227 g/mol. The number of nitrogen functional groups attached to an aromatic ring is 1. The molecule has 1 aromatic heterocycles. The maximum atomic E-state index is 5.90. The first-order valence-electron chi connectivity index (χ1n) is 5.74. The number of benzene rings is 1. The van der Waals surface area contributed by atoms with Gasteiger partial charge in [0.05, 0.1) is 0 Å². The third kappa shape index (κ3) is 3.04. The summed E-state index contributed by atoms with van der Waals surface area (Å²) in [5, 5.41) is 3.45. The van der Waals surface area contributed by atoms with Gasteiger partial charge in [-0.3, -0.25) is 4.98 Å². The lowest BCUT2D eigenvalue weighted by molar-refractivity contribution is 0.575. The number of hydrogen-bond donors (Lipinski definition) is 2. The predicted octanol–water partition coefficient (Wildman–Crippen LogP) is 2.51. The highest BCUT2D eigenvalue weighted by Crippen LogP contribution is 2.14. The Hall–Kier alpha value is -1.87. The van der Waals surface area contributed by atoms with E-state index < -0.39 is 0 Å². The molecule has 3 nitrogen and oxygen atoms in total. The highest BCUT2D eigenvalue weighted by atomic mass is 14.9. The molecule has 0 amide bonds. The van der Waals surface area contributed by atoms with Crippen LogP contribution < -0.4 is 11.1 Å². The van der Waals surface area contributed by atoms with E-state index in [-0.39, 0.29) is 6.04 Å². The number of rotatable bonds is 4. The second-order valence-corrected chi connectivity index (χ2v) is 4.08. The lowest BCUT2D eigenvalue weighted by Gasteiger charge is -2.14. The molecule has 88 valence electrons. The van der Waals surface area contributed by atoms with Crippen molar-refractivity contribution in [3.63, 3.8) is 0 Å². The Morgan fingerprint density at radius 1 is 1.18 bits per heavy atom. The van der Waals surface area contributed by atoms with Crippen molar-refractivity contribution in [2.45, 2.75) is 19.5 Å². The predicted molar refractivity (Wildman–Crippen MR) is 70.3 cm³/mol. The molecule has 2 aromatic rings. The molecule has 0 aliphatic heterocycles. The van der Waals surface area contributed by atoms with Crippen LogP contribution in [0.15, 0.2) is 48.8 Å². The molecule has 0 aliphatic rings. The van der Waals surface area contributed by atoms with E-state index in [0.717, 1.165) is 17.8 Å². The molecule has 17 heavy (non-hydrogen) atoms. The maximum absolute atomic E-state index is 5.90. The molecule has 2 rings (SSSR count). The van der Waals surface area contributed by atoms with Crippen molar-refractivity contribution in [2.24, 2.45) is 0 Å². The van der Waals surface area contributed by atoms with Crippen LogP contribution in [-0.2, 0) is 6.54 Å². The summed E-state index contributed by atoms with van der Waals surface area (Å²) >= 11 is 0. The van der Waals surface area contributed by atoms with Gasteiger partial charge in [0.25, 0.3) is 0 Å². The number of hydrogen-bond acceptors (Lipinski definition) is 3. The molecule has 3 heteroatoms. The topological polar surface area (TPSA) is 50.9 Å². The molecule has 0 saturated carbocycles. The molecule has 1 atom stereocenters. The quantitative estimate of drug-likeness (QED) is 0.789. The number of pyridine rings is 1. The third-order valence-electron chi connectivity index (χ3n) is 2.86. The zero-order chi connectivity index (χ0) is 12.1. The number of para-hydroxylation sites is 1. The molecular formula is C14H17N3. The summed E-state index contributed by atoms with van der Waals surface area (Å²) < 4.78 is 0. The van der Waals surface area contributed by atoms with Crippen LogP contribution in [0.5, 0.6) is 0 Å². The average Bonchev–Trinajstić information content (AvgIpc) is 2.38. The van der Waals surface area contributed by atoms with Crippen LogP contribution >= 0.6 is 0 Å². The number of nitrogens with zero attached hydrogens (tertiary/aromatic N) is 1. The summed E-state index contributed by atoms with van der Waals surface area (Å²) in [6.07, 6.45) is 3.62. The third-order valence-corrected chi connectivity index (χ3v) is 2.86. The van der Waals surface area contributed by atoms with Gasteiger partial charge in [-0.2, -0.15) is 0 Å². The Kier molecular flexibility index (Phi) is 3.73. The van der Waals surface area contributed by atoms with Gasteiger partial charge < -0.3 is 11.1 Å². The van der Waals surface area contributed by atoms with Crippen molar-refractivity contribution in [3.8, 4) is 0 Å². The van der Waals surface area contributed by atoms with Crippen LogP contribution in [0.1, 0.15) is 24.1 Å². The monoisotopic (exact) mass is 227 g/mol. The second kappa shape index (κ2) is 5.46. The van der Waals surface area contributed by atoms with E-state index in [2.05, 4.69) is 17.2 Å². The van der Waals surface area contributed by atoms with Crippen molar-refractivity contribution in [1.82, 2.24) is 10.3 Å². The fourth-order valence-corrected chi connectivity index (χ4v) is 1.73. The smallest absolute Gasteiger partial charge is 0.0359 e. The molecule has 3 N–H and O–H groups in total. The molecule has 0 aliphatic carbocycles. The lowest BCUT2D eigenvalue weighted by atomic mass is 10.1. The van der Waals surface area contributed by atoms with Gasteiger partial charge in [0, 0.05) is 30.7 Å². The molecule has 0 unspecified atom stereocenters. The summed E-state index contributed by atoms with van der Waals surface area (Å²) in [6, 6.07) is 12.3. The largest absolute Gasteiger partial charge is 0.398 e. The Labute approximate surface area is 102 Å². The van der Waals surface area contributed by atoms with E-state index in [1.54, 1.807) is 0 Å². The Balaban J connectivity index is 1.97. The van der Waals surface area contributed by atoms with Crippen LogP contribution in [0.4, 0.5) is 5.69 Å². The fraction of sp³-hybridized carbons (Fsp3) is 0.214. The first-order valence-corrected chi connectivity index (χ1v) is 5.74. The van der Waals surface area contributed by atoms with Gasteiger partial charge in [-0.05, 0) is 36.2 Å². The van der Waals surface area contributed by atoms with Gasteiger partial charge in [-0.15, -0.1) is 0 Å². The van der Waals surface area contributed by atoms with Gasteiger partial charge in [-0.25, -0.2) is 0 Å². The van der Waals surface area contributed by atoms with E-state index >= 15 is 0 Å². The standard InChI is InChI=1S/C14H17N3/c1-11(12-6-8-16-9-7-12)17-10-13-4-2-3-5-14(13)15/h2-9,11,17H,10,15H2,1H3/t11-/m0/s1. The summed E-state index contributed by atoms with van der Waals surface area (Å²) in [4.78, 5) is 4.01. The SMILES string of the molecule is C[C@H](NCc1ccccc1N)c1ccncc1. The molecule has 1 heterocycles. The van der Waals surface area contributed by atoms with E-state index in [4.69, 9.17) is 5.73 Å². The van der Waals surface area contributed by atoms with E-state index in [1.807, 2.05) is 48.8 Å². The number of aromatic nitrogens is 1. The molecule has 0 radical (unpaired) electrons. The summed E-state index contributed by atoms with van der Waals surface area (Å²) in [5.41, 5.74) is 9.09. The van der Waals surface area contributed by atoms with Crippen LogP contribution in [0.3, 0.4) is 0 Å². The minimum absolute atomic E-state index is 0.289. The van der Waals surface area contributed by atoms with Crippen molar-refractivity contribution in [3.05, 3.63) is 59.9 Å². The highest BCUT2D eigenvalue weighted by molar-refractivity contribution is 5.46. The zero-order valence-corrected chi connectivity index (χ0v) is 9.93. The van der Waals surface area contributed by atoms with Gasteiger partial charge in [-0.1, -0.05) is 18.2 Å². The Morgan fingerprint density at radius 3 is 2.59 bits per heavy atom. The summed E-state index contributed by atoms with van der Waals surface area (Å²) in [7, 11) is 0. The normalized spacial score (nSPS) is 12.3. The van der Waals surface area contributed by atoms with Gasteiger partial charge in [0.2, 0.25) is 0 Å². The van der Waals surface area contributed by atoms with Crippen molar-refractivity contribution in [1.29, 1.82) is 0 Å². The molecule has 0 saturated heterocycles. The maximum Gasteiger partial charge on any atom is 0.0359 e. The molecular weight excluding hydrogens is 210 g/mol. The first kappa shape index (κ1) is 11.6.